The van der Waals surface area contributed by atoms with Gasteiger partial charge in [0, 0.05) is 34.7 Å². The second kappa shape index (κ2) is 8.61. The molecule has 2 fully saturated rings. The average molecular weight is 556 g/mol. The number of benzene rings is 1. The summed E-state index contributed by atoms with van der Waals surface area (Å²) in [6, 6.07) is 0.143. The number of primary amides is 1. The van der Waals surface area contributed by atoms with E-state index in [2.05, 4.69) is 4.90 Å². The first-order valence-electron chi connectivity index (χ1n) is 13.6. The van der Waals surface area contributed by atoms with E-state index in [0.29, 0.717) is 5.92 Å². The Balaban J connectivity index is 1.43. The second-order valence-electron chi connectivity index (χ2n) is 12.4. The van der Waals surface area contributed by atoms with Crippen molar-refractivity contribution >= 4 is 17.5 Å². The van der Waals surface area contributed by atoms with Crippen LogP contribution >= 0.6 is 0 Å². The maximum Gasteiger partial charge on any atom is 0.255 e. The van der Waals surface area contributed by atoms with Crippen molar-refractivity contribution in [3.8, 4) is 5.75 Å². The van der Waals surface area contributed by atoms with Gasteiger partial charge >= 0.3 is 0 Å². The molecule has 0 aromatic heterocycles. The Bertz CT molecular complexity index is 1440. The molecule has 1 amide bonds. The zero-order chi connectivity index (χ0) is 29.0. The summed E-state index contributed by atoms with van der Waals surface area (Å²) in [5.41, 5.74) is 1.51. The number of rotatable bonds is 6. The number of fused-ring (bicyclic) bond motifs is 3. The molecular weight excluding hydrogens is 521 g/mol. The third-order valence-corrected chi connectivity index (χ3v) is 10.00. The minimum absolute atomic E-state index is 0.0257. The van der Waals surface area contributed by atoms with Gasteiger partial charge in [-0.15, -0.1) is 0 Å². The third kappa shape index (κ3) is 3.47. The van der Waals surface area contributed by atoms with Gasteiger partial charge in [-0.25, -0.2) is 4.39 Å². The Morgan fingerprint density at radius 2 is 1.80 bits per heavy atom. The highest BCUT2D eigenvalue weighted by Gasteiger charge is 2.63. The molecule has 1 aromatic rings. The molecule has 0 radical (unpaired) electrons. The number of nitrogens with two attached hydrogens (primary N) is 1. The fourth-order valence-electron chi connectivity index (χ4n) is 7.73. The molecule has 5 aliphatic carbocycles. The van der Waals surface area contributed by atoms with Crippen LogP contribution in [-0.4, -0.2) is 86.0 Å². The van der Waals surface area contributed by atoms with E-state index in [1.54, 1.807) is 14.1 Å². The molecule has 214 valence electrons. The molecule has 0 unspecified atom stereocenters. The summed E-state index contributed by atoms with van der Waals surface area (Å²) < 4.78 is 16.0. The molecule has 1 aromatic carbocycles. The Morgan fingerprint density at radius 3 is 2.35 bits per heavy atom. The Hall–Kier alpha value is -3.28. The number of nitrogens with zero attached hydrogens (tertiary/aromatic N) is 2. The van der Waals surface area contributed by atoms with Crippen LogP contribution < -0.4 is 5.73 Å². The molecule has 0 aliphatic heterocycles. The number of hydrogen-bond donors (Lipinski definition) is 5. The van der Waals surface area contributed by atoms with Crippen LogP contribution in [0.1, 0.15) is 53.6 Å². The number of likely N-dealkylation sites (N-methyl/N-ethyl adjacent to an activating group) is 1. The number of Topliss-reactive ketones (excluding diaryl/α,β-unsaturated/α-hetero) is 2. The summed E-state index contributed by atoms with van der Waals surface area (Å²) in [5.74, 6) is -7.48. The zero-order valence-corrected chi connectivity index (χ0v) is 22.7. The summed E-state index contributed by atoms with van der Waals surface area (Å²) >= 11 is 0. The second-order valence-corrected chi connectivity index (χ2v) is 12.4. The molecular formula is C29H34FN3O7. The molecule has 6 N–H and O–H groups in total. The summed E-state index contributed by atoms with van der Waals surface area (Å²) in [7, 11) is 5.07. The number of amides is 1. The predicted molar refractivity (Wildman–Crippen MR) is 140 cm³/mol. The van der Waals surface area contributed by atoms with Crippen molar-refractivity contribution < 1.29 is 39.2 Å². The number of aromatic hydroxyl groups is 1. The molecule has 11 heteroatoms. The molecule has 5 aliphatic rings. The molecule has 2 saturated carbocycles. The smallest absolute Gasteiger partial charge is 0.255 e. The number of phenolic OH excluding ortho intramolecular Hbond substituents is 1. The van der Waals surface area contributed by atoms with Crippen molar-refractivity contribution in [3.63, 3.8) is 0 Å². The fourth-order valence-corrected chi connectivity index (χ4v) is 7.73. The average Bonchev–Trinajstić information content (AvgIpc) is 3.77. The van der Waals surface area contributed by atoms with Gasteiger partial charge in [0.25, 0.3) is 5.91 Å². The Labute approximate surface area is 230 Å². The summed E-state index contributed by atoms with van der Waals surface area (Å²) in [6.45, 7) is 0.268. The van der Waals surface area contributed by atoms with Crippen LogP contribution in [0.2, 0.25) is 0 Å². The van der Waals surface area contributed by atoms with E-state index < -0.39 is 69.6 Å². The van der Waals surface area contributed by atoms with Gasteiger partial charge in [-0.3, -0.25) is 24.2 Å². The van der Waals surface area contributed by atoms with E-state index in [1.165, 1.54) is 11.0 Å². The lowest BCUT2D eigenvalue weighted by Crippen LogP contribution is -2.63. The normalized spacial score (nSPS) is 30.9. The van der Waals surface area contributed by atoms with Gasteiger partial charge in [0.05, 0.1) is 11.6 Å². The van der Waals surface area contributed by atoms with E-state index >= 15 is 4.39 Å². The van der Waals surface area contributed by atoms with E-state index in [4.69, 9.17) is 5.73 Å². The summed E-state index contributed by atoms with van der Waals surface area (Å²) in [5, 5.41) is 44.8. The van der Waals surface area contributed by atoms with Crippen LogP contribution in [0, 0.1) is 23.6 Å². The molecule has 10 nitrogen and oxygen atoms in total. The summed E-state index contributed by atoms with van der Waals surface area (Å²) in [4.78, 5) is 42.8. The highest BCUT2D eigenvalue weighted by atomic mass is 19.1. The first-order valence-corrected chi connectivity index (χ1v) is 13.6. The standard InChI is InChI=1S/C29H34FN3O7/c1-32(2)22-16-9-12-8-15-19(17(34)10-13(21(15)30)11-33(3)28(6-7-28)14-4-5-14)23(35)18(12)25(37)29(16,40)26(38)20(24(22)36)27(31)39/h10,12,14,16,22,34,36-37,40H,4-9,11H2,1-3H3,(H2,31,39)/t12-,16-,22-,29-/m0/s1. The number of carbonyl (C=O) groups excluding carboxylic acids is 3. The minimum Gasteiger partial charge on any atom is -0.510 e. The van der Waals surface area contributed by atoms with E-state index in [9.17, 15) is 34.8 Å². The van der Waals surface area contributed by atoms with Gasteiger partial charge < -0.3 is 26.2 Å². The van der Waals surface area contributed by atoms with E-state index in [-0.39, 0.29) is 47.2 Å². The number of ketones is 2. The number of halogens is 1. The van der Waals surface area contributed by atoms with Crippen LogP contribution in [0.3, 0.4) is 0 Å². The van der Waals surface area contributed by atoms with Gasteiger partial charge in [0.2, 0.25) is 5.78 Å². The van der Waals surface area contributed by atoms with Crippen LogP contribution in [0.25, 0.3) is 0 Å². The highest BCUT2D eigenvalue weighted by Crippen LogP contribution is 2.58. The minimum atomic E-state index is -2.72. The number of allylic oxidation sites excluding steroid dienone is 1. The first kappa shape index (κ1) is 26.9. The third-order valence-electron chi connectivity index (χ3n) is 10.00. The Morgan fingerprint density at radius 1 is 1.15 bits per heavy atom. The van der Waals surface area contributed by atoms with Crippen LogP contribution in [0.5, 0.6) is 5.75 Å². The van der Waals surface area contributed by atoms with Crippen LogP contribution in [0.4, 0.5) is 4.39 Å². The molecule has 40 heavy (non-hydrogen) atoms. The van der Waals surface area contributed by atoms with Gasteiger partial charge in [-0.2, -0.15) is 0 Å². The van der Waals surface area contributed by atoms with Crippen molar-refractivity contribution in [2.45, 2.75) is 62.3 Å². The van der Waals surface area contributed by atoms with Crippen molar-refractivity contribution in [1.29, 1.82) is 0 Å². The van der Waals surface area contributed by atoms with Crippen molar-refractivity contribution in [2.24, 2.45) is 23.5 Å². The number of carbonyl (C=O) groups is 3. The lowest BCUT2D eigenvalue weighted by Gasteiger charge is -2.50. The molecule has 4 atom stereocenters. The van der Waals surface area contributed by atoms with Crippen molar-refractivity contribution in [1.82, 2.24) is 9.80 Å². The monoisotopic (exact) mass is 555 g/mol. The molecule has 0 heterocycles. The molecule has 0 bridgehead atoms. The number of aliphatic hydroxyl groups is 3. The largest absolute Gasteiger partial charge is 0.510 e. The van der Waals surface area contributed by atoms with Crippen molar-refractivity contribution in [3.05, 3.63) is 51.2 Å². The van der Waals surface area contributed by atoms with Crippen LogP contribution in [0.15, 0.2) is 28.7 Å². The fraction of sp³-hybridized carbons (Fsp3) is 0.552. The highest BCUT2D eigenvalue weighted by molar-refractivity contribution is 6.24. The van der Waals surface area contributed by atoms with E-state index in [1.807, 2.05) is 7.05 Å². The predicted octanol–water partition coefficient (Wildman–Crippen LogP) is 1.63. The van der Waals surface area contributed by atoms with Gasteiger partial charge in [0.1, 0.15) is 28.7 Å². The number of phenols is 1. The van der Waals surface area contributed by atoms with Gasteiger partial charge in [-0.1, -0.05) is 0 Å². The molecule has 0 spiro atoms. The van der Waals surface area contributed by atoms with E-state index in [0.717, 1.165) is 25.7 Å². The lowest BCUT2D eigenvalue weighted by molar-refractivity contribution is -0.148. The number of hydrogen-bond acceptors (Lipinski definition) is 9. The molecule has 0 saturated heterocycles. The lowest BCUT2D eigenvalue weighted by atomic mass is 9.58. The molecule has 6 rings (SSSR count). The maximum atomic E-state index is 16.0. The zero-order valence-electron chi connectivity index (χ0n) is 22.7. The van der Waals surface area contributed by atoms with Crippen molar-refractivity contribution in [2.75, 3.05) is 21.1 Å². The number of aliphatic hydroxyl groups excluding tert-OH is 2. The summed E-state index contributed by atoms with van der Waals surface area (Å²) in [6.07, 6.45) is 4.27. The topological polar surface area (TPSA) is 165 Å². The first-order chi connectivity index (χ1) is 18.8. The van der Waals surface area contributed by atoms with Gasteiger partial charge in [-0.05, 0) is 77.6 Å². The maximum absolute atomic E-state index is 16.0. The SMILES string of the molecule is CN(C)[C@@H]1C(O)=C(C(N)=O)C(=O)[C@@]2(O)C(O)=C3C(=O)c4c(O)cc(CN(C)C5(C6CC6)CC5)c(F)c4C[C@H]3C[C@@H]12. The Kier molecular flexibility index (Phi) is 5.79. The quantitative estimate of drug-likeness (QED) is 0.328. The van der Waals surface area contributed by atoms with Crippen LogP contribution in [-0.2, 0) is 22.6 Å². The van der Waals surface area contributed by atoms with Gasteiger partial charge in [0.15, 0.2) is 11.4 Å².